The standard InChI is InChI=1S/C24H23ClN4O2S/c1-15-22(11-17-7-9-21(31-3)10-8-17)16(2)29(28-15)24-27-20(14-32-24)13-23(30)26-19-6-4-5-18(25)12-19/h4-10,12,14H,11,13H2,1-3H3,(H,26,30). The van der Waals surface area contributed by atoms with Crippen LogP contribution in [0.5, 0.6) is 5.75 Å². The van der Waals surface area contributed by atoms with E-state index < -0.39 is 0 Å². The van der Waals surface area contributed by atoms with E-state index in [1.807, 2.05) is 36.0 Å². The van der Waals surface area contributed by atoms with E-state index in [1.165, 1.54) is 22.5 Å². The Morgan fingerprint density at radius 3 is 2.69 bits per heavy atom. The van der Waals surface area contributed by atoms with E-state index in [1.54, 1.807) is 31.4 Å². The summed E-state index contributed by atoms with van der Waals surface area (Å²) in [5.74, 6) is 0.699. The Morgan fingerprint density at radius 1 is 1.19 bits per heavy atom. The summed E-state index contributed by atoms with van der Waals surface area (Å²) in [6.07, 6.45) is 0.961. The number of hydrogen-bond acceptors (Lipinski definition) is 5. The van der Waals surface area contributed by atoms with Crippen molar-refractivity contribution in [2.75, 3.05) is 12.4 Å². The maximum absolute atomic E-state index is 12.4. The summed E-state index contributed by atoms with van der Waals surface area (Å²) >= 11 is 7.45. The molecule has 0 aliphatic carbocycles. The molecule has 0 unspecified atom stereocenters. The molecule has 2 aromatic carbocycles. The average molecular weight is 467 g/mol. The molecule has 0 spiro atoms. The SMILES string of the molecule is COc1ccc(Cc2c(C)nn(-c3nc(CC(=O)Nc4cccc(Cl)c4)cs3)c2C)cc1. The van der Waals surface area contributed by atoms with Crippen LogP contribution in [0, 0.1) is 13.8 Å². The highest BCUT2D eigenvalue weighted by atomic mass is 35.5. The zero-order valence-electron chi connectivity index (χ0n) is 18.1. The molecule has 0 bridgehead atoms. The fraction of sp³-hybridized carbons (Fsp3) is 0.208. The molecule has 164 valence electrons. The molecule has 4 aromatic rings. The topological polar surface area (TPSA) is 69.0 Å². The summed E-state index contributed by atoms with van der Waals surface area (Å²) in [4.78, 5) is 17.0. The van der Waals surface area contributed by atoms with Crippen molar-refractivity contribution in [3.8, 4) is 10.9 Å². The van der Waals surface area contributed by atoms with E-state index in [0.717, 1.165) is 28.7 Å². The lowest BCUT2D eigenvalue weighted by atomic mass is 10.0. The summed E-state index contributed by atoms with van der Waals surface area (Å²) in [6.45, 7) is 4.06. The van der Waals surface area contributed by atoms with Crippen LogP contribution in [0.1, 0.15) is 28.2 Å². The number of thiazole rings is 1. The molecule has 2 aromatic heterocycles. The Labute approximate surface area is 195 Å². The minimum Gasteiger partial charge on any atom is -0.497 e. The molecular formula is C24H23ClN4O2S. The largest absolute Gasteiger partial charge is 0.497 e. The van der Waals surface area contributed by atoms with Crippen LogP contribution in [-0.2, 0) is 17.6 Å². The molecule has 1 N–H and O–H groups in total. The predicted molar refractivity (Wildman–Crippen MR) is 128 cm³/mol. The lowest BCUT2D eigenvalue weighted by Crippen LogP contribution is -2.14. The van der Waals surface area contributed by atoms with Crippen molar-refractivity contribution < 1.29 is 9.53 Å². The number of amides is 1. The van der Waals surface area contributed by atoms with Gasteiger partial charge in [0.2, 0.25) is 11.0 Å². The van der Waals surface area contributed by atoms with Crippen molar-refractivity contribution in [1.29, 1.82) is 0 Å². The second-order valence-corrected chi connectivity index (χ2v) is 8.72. The molecule has 32 heavy (non-hydrogen) atoms. The maximum atomic E-state index is 12.4. The second-order valence-electron chi connectivity index (χ2n) is 7.44. The fourth-order valence-electron chi connectivity index (χ4n) is 3.48. The first-order valence-corrected chi connectivity index (χ1v) is 11.4. The van der Waals surface area contributed by atoms with Crippen LogP contribution in [0.4, 0.5) is 5.69 Å². The third kappa shape index (κ3) is 5.00. The first kappa shape index (κ1) is 22.0. The van der Waals surface area contributed by atoms with Gasteiger partial charge in [-0.25, -0.2) is 9.67 Å². The minimum absolute atomic E-state index is 0.141. The number of aryl methyl sites for hydroxylation is 1. The van der Waals surface area contributed by atoms with Crippen LogP contribution < -0.4 is 10.1 Å². The van der Waals surface area contributed by atoms with Crippen molar-refractivity contribution in [3.63, 3.8) is 0 Å². The molecule has 0 saturated heterocycles. The number of anilines is 1. The summed E-state index contributed by atoms with van der Waals surface area (Å²) < 4.78 is 7.10. The summed E-state index contributed by atoms with van der Waals surface area (Å²) in [5.41, 5.74) is 5.74. The highest BCUT2D eigenvalue weighted by Gasteiger charge is 2.16. The Hall–Kier alpha value is -3.16. The first-order valence-electron chi connectivity index (χ1n) is 10.1. The van der Waals surface area contributed by atoms with Crippen LogP contribution >= 0.6 is 22.9 Å². The Bertz CT molecular complexity index is 1250. The third-order valence-corrected chi connectivity index (χ3v) is 6.25. The second kappa shape index (κ2) is 9.54. The first-order chi connectivity index (χ1) is 15.4. The van der Waals surface area contributed by atoms with Crippen LogP contribution in [0.15, 0.2) is 53.9 Å². The van der Waals surface area contributed by atoms with Crippen molar-refractivity contribution in [2.24, 2.45) is 0 Å². The van der Waals surface area contributed by atoms with Crippen molar-refractivity contribution >= 4 is 34.5 Å². The van der Waals surface area contributed by atoms with Crippen molar-refractivity contribution in [3.05, 3.63) is 87.1 Å². The van der Waals surface area contributed by atoms with E-state index in [-0.39, 0.29) is 12.3 Å². The maximum Gasteiger partial charge on any atom is 0.230 e. The number of nitrogens with zero attached hydrogens (tertiary/aromatic N) is 3. The number of ether oxygens (including phenoxy) is 1. The molecule has 0 aliphatic rings. The smallest absolute Gasteiger partial charge is 0.230 e. The highest BCUT2D eigenvalue weighted by Crippen LogP contribution is 2.24. The molecule has 2 heterocycles. The van der Waals surface area contributed by atoms with Gasteiger partial charge in [0.1, 0.15) is 5.75 Å². The van der Waals surface area contributed by atoms with Crippen molar-refractivity contribution in [1.82, 2.24) is 14.8 Å². The molecule has 0 atom stereocenters. The number of carbonyl (C=O) groups excluding carboxylic acids is 1. The van der Waals surface area contributed by atoms with Gasteiger partial charge in [0.25, 0.3) is 0 Å². The normalized spacial score (nSPS) is 10.9. The highest BCUT2D eigenvalue weighted by molar-refractivity contribution is 7.12. The molecule has 4 rings (SSSR count). The lowest BCUT2D eigenvalue weighted by Gasteiger charge is -2.05. The number of benzene rings is 2. The zero-order valence-corrected chi connectivity index (χ0v) is 19.6. The van der Waals surface area contributed by atoms with E-state index in [2.05, 4.69) is 22.4 Å². The minimum atomic E-state index is -0.141. The molecule has 0 radical (unpaired) electrons. The molecule has 0 fully saturated rings. The Balaban J connectivity index is 1.47. The summed E-state index contributed by atoms with van der Waals surface area (Å²) in [7, 11) is 1.66. The van der Waals surface area contributed by atoms with Gasteiger partial charge in [0, 0.05) is 33.8 Å². The Morgan fingerprint density at radius 2 is 1.97 bits per heavy atom. The van der Waals surface area contributed by atoms with Crippen molar-refractivity contribution in [2.45, 2.75) is 26.7 Å². The van der Waals surface area contributed by atoms with E-state index >= 15 is 0 Å². The van der Waals surface area contributed by atoms with Gasteiger partial charge in [-0.3, -0.25) is 4.79 Å². The summed E-state index contributed by atoms with van der Waals surface area (Å²) in [6, 6.07) is 15.1. The predicted octanol–water partition coefficient (Wildman–Crippen LogP) is 5.38. The van der Waals surface area contributed by atoms with Gasteiger partial charge in [-0.2, -0.15) is 5.10 Å². The Kier molecular flexibility index (Phi) is 6.58. The van der Waals surface area contributed by atoms with Gasteiger partial charge < -0.3 is 10.1 Å². The molecule has 0 aliphatic heterocycles. The number of methoxy groups -OCH3 is 1. The van der Waals surface area contributed by atoms with Gasteiger partial charge in [-0.15, -0.1) is 11.3 Å². The molecule has 1 amide bonds. The number of halogens is 1. The van der Waals surface area contributed by atoms with Crippen LogP contribution in [0.3, 0.4) is 0 Å². The number of aromatic nitrogens is 3. The molecule has 8 heteroatoms. The third-order valence-electron chi connectivity index (χ3n) is 5.15. The van der Waals surface area contributed by atoms with Gasteiger partial charge in [0.15, 0.2) is 0 Å². The molecule has 0 saturated carbocycles. The van der Waals surface area contributed by atoms with Crippen LogP contribution in [0.25, 0.3) is 5.13 Å². The van der Waals surface area contributed by atoms with Gasteiger partial charge in [0.05, 0.1) is 24.9 Å². The number of nitrogens with one attached hydrogen (secondary N) is 1. The lowest BCUT2D eigenvalue weighted by molar-refractivity contribution is -0.115. The zero-order chi connectivity index (χ0) is 22.7. The van der Waals surface area contributed by atoms with Crippen LogP contribution in [0.2, 0.25) is 5.02 Å². The van der Waals surface area contributed by atoms with E-state index in [0.29, 0.717) is 16.4 Å². The van der Waals surface area contributed by atoms with E-state index in [9.17, 15) is 4.79 Å². The monoisotopic (exact) mass is 466 g/mol. The van der Waals surface area contributed by atoms with Gasteiger partial charge in [-0.1, -0.05) is 29.8 Å². The quantitative estimate of drug-likeness (QED) is 0.397. The van der Waals surface area contributed by atoms with Gasteiger partial charge in [-0.05, 0) is 49.7 Å². The number of carbonyl (C=O) groups is 1. The fourth-order valence-corrected chi connectivity index (χ4v) is 4.49. The van der Waals surface area contributed by atoms with Gasteiger partial charge >= 0.3 is 0 Å². The molecular weight excluding hydrogens is 444 g/mol. The average Bonchev–Trinajstić information content (AvgIpc) is 3.33. The van der Waals surface area contributed by atoms with E-state index in [4.69, 9.17) is 21.4 Å². The molecule has 6 nitrogen and oxygen atoms in total. The number of hydrogen-bond donors (Lipinski definition) is 1. The summed E-state index contributed by atoms with van der Waals surface area (Å²) in [5, 5.41) is 10.8. The van der Waals surface area contributed by atoms with Crippen LogP contribution in [-0.4, -0.2) is 27.8 Å². The number of rotatable bonds is 7.